The lowest BCUT2D eigenvalue weighted by molar-refractivity contribution is 0.189. The molecule has 1 aliphatic rings. The molecule has 0 bridgehead atoms. The number of hydrogen-bond donors (Lipinski definition) is 0. The van der Waals surface area contributed by atoms with E-state index in [2.05, 4.69) is 22.0 Å². The first-order chi connectivity index (χ1) is 9.34. The van der Waals surface area contributed by atoms with E-state index in [4.69, 9.17) is 4.52 Å². The van der Waals surface area contributed by atoms with Gasteiger partial charge >= 0.3 is 0 Å². The predicted molar refractivity (Wildman–Crippen MR) is 77.0 cm³/mol. The zero-order chi connectivity index (χ0) is 13.1. The van der Waals surface area contributed by atoms with Gasteiger partial charge < -0.3 is 4.52 Å². The van der Waals surface area contributed by atoms with E-state index >= 15 is 0 Å². The molecule has 1 aliphatic heterocycles. The summed E-state index contributed by atoms with van der Waals surface area (Å²) in [5, 5.41) is 4.08. The molecule has 0 aliphatic carbocycles. The van der Waals surface area contributed by atoms with Gasteiger partial charge in [-0.05, 0) is 6.92 Å². The van der Waals surface area contributed by atoms with Crippen LogP contribution in [0.3, 0.4) is 0 Å². The first kappa shape index (κ1) is 12.7. The van der Waals surface area contributed by atoms with Crippen LogP contribution in [0.25, 0.3) is 11.4 Å². The Kier molecular flexibility index (Phi) is 3.84. The molecule has 2 aromatic rings. The summed E-state index contributed by atoms with van der Waals surface area (Å²) in [4.78, 5) is 6.93. The van der Waals surface area contributed by atoms with Gasteiger partial charge in [-0.3, -0.25) is 4.90 Å². The molecule has 0 N–H and O–H groups in total. The van der Waals surface area contributed by atoms with Gasteiger partial charge in [0.15, 0.2) is 0 Å². The third-order valence-electron chi connectivity index (χ3n) is 3.42. The van der Waals surface area contributed by atoms with Crippen LogP contribution in [-0.4, -0.2) is 39.6 Å². The number of rotatable bonds is 3. The summed E-state index contributed by atoms with van der Waals surface area (Å²) >= 11 is 2.01. The van der Waals surface area contributed by atoms with E-state index in [0.29, 0.717) is 11.7 Å². The summed E-state index contributed by atoms with van der Waals surface area (Å²) in [6, 6.07) is 10.1. The Bertz CT molecular complexity index is 522. The standard InChI is InChI=1S/C14H17N3OS/c1-11(17-7-9-19-10-8-17)14-15-13(16-18-14)12-5-3-2-4-6-12/h2-6,11H,7-10H2,1H3/t11-/m1/s1. The summed E-state index contributed by atoms with van der Waals surface area (Å²) in [6.07, 6.45) is 0. The Labute approximate surface area is 117 Å². The molecule has 0 amide bonds. The Balaban J connectivity index is 1.77. The fraction of sp³-hybridized carbons (Fsp3) is 0.429. The molecule has 2 heterocycles. The molecule has 19 heavy (non-hydrogen) atoms. The zero-order valence-corrected chi connectivity index (χ0v) is 11.8. The van der Waals surface area contributed by atoms with Crippen LogP contribution in [0.4, 0.5) is 0 Å². The van der Waals surface area contributed by atoms with Crippen molar-refractivity contribution in [1.82, 2.24) is 15.0 Å². The predicted octanol–water partition coefficient (Wildman–Crippen LogP) is 2.85. The Morgan fingerprint density at radius 1 is 1.21 bits per heavy atom. The van der Waals surface area contributed by atoms with E-state index in [9.17, 15) is 0 Å². The molecular weight excluding hydrogens is 258 g/mol. The second kappa shape index (κ2) is 5.75. The smallest absolute Gasteiger partial charge is 0.244 e. The Hall–Kier alpha value is -1.33. The molecule has 0 radical (unpaired) electrons. The van der Waals surface area contributed by atoms with Crippen molar-refractivity contribution in [2.45, 2.75) is 13.0 Å². The molecule has 3 rings (SSSR count). The molecule has 1 saturated heterocycles. The van der Waals surface area contributed by atoms with Crippen LogP contribution in [0.1, 0.15) is 18.9 Å². The van der Waals surface area contributed by atoms with Crippen molar-refractivity contribution in [2.24, 2.45) is 0 Å². The topological polar surface area (TPSA) is 42.2 Å². The lowest BCUT2D eigenvalue weighted by Gasteiger charge is -2.29. The van der Waals surface area contributed by atoms with Crippen LogP contribution in [0.2, 0.25) is 0 Å². The van der Waals surface area contributed by atoms with E-state index in [1.807, 2.05) is 42.1 Å². The second-order valence-electron chi connectivity index (χ2n) is 4.65. The molecule has 1 fully saturated rings. The van der Waals surface area contributed by atoms with Crippen molar-refractivity contribution >= 4 is 11.8 Å². The van der Waals surface area contributed by atoms with Gasteiger partial charge in [-0.1, -0.05) is 35.5 Å². The van der Waals surface area contributed by atoms with Crippen molar-refractivity contribution in [3.05, 3.63) is 36.2 Å². The lowest BCUT2D eigenvalue weighted by Crippen LogP contribution is -2.34. The number of thioether (sulfide) groups is 1. The fourth-order valence-corrected chi connectivity index (χ4v) is 3.16. The highest BCUT2D eigenvalue weighted by Gasteiger charge is 2.23. The van der Waals surface area contributed by atoms with Crippen molar-refractivity contribution in [3.63, 3.8) is 0 Å². The van der Waals surface area contributed by atoms with Crippen molar-refractivity contribution in [3.8, 4) is 11.4 Å². The van der Waals surface area contributed by atoms with Crippen LogP contribution < -0.4 is 0 Å². The van der Waals surface area contributed by atoms with Crippen molar-refractivity contribution < 1.29 is 4.52 Å². The molecule has 4 nitrogen and oxygen atoms in total. The van der Waals surface area contributed by atoms with E-state index in [0.717, 1.165) is 18.7 Å². The van der Waals surface area contributed by atoms with E-state index in [1.165, 1.54) is 11.5 Å². The van der Waals surface area contributed by atoms with Crippen LogP contribution in [-0.2, 0) is 0 Å². The summed E-state index contributed by atoms with van der Waals surface area (Å²) in [5.74, 6) is 3.76. The summed E-state index contributed by atoms with van der Waals surface area (Å²) < 4.78 is 5.42. The molecule has 1 atom stereocenters. The van der Waals surface area contributed by atoms with Gasteiger partial charge in [0.2, 0.25) is 11.7 Å². The van der Waals surface area contributed by atoms with E-state index < -0.39 is 0 Å². The summed E-state index contributed by atoms with van der Waals surface area (Å²) in [6.45, 7) is 4.32. The minimum Gasteiger partial charge on any atom is -0.337 e. The Morgan fingerprint density at radius 3 is 2.68 bits per heavy atom. The van der Waals surface area contributed by atoms with Gasteiger partial charge in [-0.2, -0.15) is 16.7 Å². The van der Waals surface area contributed by atoms with E-state index in [1.54, 1.807) is 0 Å². The molecule has 0 spiro atoms. The normalized spacial score (nSPS) is 18.4. The van der Waals surface area contributed by atoms with Gasteiger partial charge in [-0.15, -0.1) is 0 Å². The summed E-state index contributed by atoms with van der Waals surface area (Å²) in [5.41, 5.74) is 0.999. The molecule has 5 heteroatoms. The van der Waals surface area contributed by atoms with Crippen LogP contribution >= 0.6 is 11.8 Å². The van der Waals surface area contributed by atoms with Gasteiger partial charge in [0.05, 0.1) is 6.04 Å². The SMILES string of the molecule is C[C@H](c1nc(-c2ccccc2)no1)N1CCSCC1. The maximum Gasteiger partial charge on any atom is 0.244 e. The third-order valence-corrected chi connectivity index (χ3v) is 4.37. The molecule has 1 aromatic carbocycles. The van der Waals surface area contributed by atoms with Gasteiger partial charge in [-0.25, -0.2) is 0 Å². The number of nitrogens with zero attached hydrogens (tertiary/aromatic N) is 3. The molecule has 0 unspecified atom stereocenters. The average Bonchev–Trinajstić information content (AvgIpc) is 2.98. The molecular formula is C14H17N3OS. The first-order valence-corrected chi connectivity index (χ1v) is 7.71. The Morgan fingerprint density at radius 2 is 1.95 bits per heavy atom. The van der Waals surface area contributed by atoms with Gasteiger partial charge in [0, 0.05) is 30.2 Å². The van der Waals surface area contributed by atoms with Crippen LogP contribution in [0, 0.1) is 0 Å². The fourth-order valence-electron chi connectivity index (χ4n) is 2.23. The van der Waals surface area contributed by atoms with Crippen molar-refractivity contribution in [1.29, 1.82) is 0 Å². The largest absolute Gasteiger partial charge is 0.337 e. The number of aromatic nitrogens is 2. The first-order valence-electron chi connectivity index (χ1n) is 6.55. The van der Waals surface area contributed by atoms with Gasteiger partial charge in [0.1, 0.15) is 0 Å². The number of hydrogen-bond acceptors (Lipinski definition) is 5. The highest BCUT2D eigenvalue weighted by Crippen LogP contribution is 2.24. The van der Waals surface area contributed by atoms with E-state index in [-0.39, 0.29) is 6.04 Å². The zero-order valence-electron chi connectivity index (χ0n) is 11.0. The summed E-state index contributed by atoms with van der Waals surface area (Å²) in [7, 11) is 0. The maximum absolute atomic E-state index is 5.42. The third kappa shape index (κ3) is 2.82. The lowest BCUT2D eigenvalue weighted by atomic mass is 10.2. The monoisotopic (exact) mass is 275 g/mol. The molecule has 1 aromatic heterocycles. The minimum atomic E-state index is 0.200. The van der Waals surface area contributed by atoms with Gasteiger partial charge in [0.25, 0.3) is 0 Å². The van der Waals surface area contributed by atoms with Crippen LogP contribution in [0.15, 0.2) is 34.9 Å². The highest BCUT2D eigenvalue weighted by atomic mass is 32.2. The average molecular weight is 275 g/mol. The maximum atomic E-state index is 5.42. The highest BCUT2D eigenvalue weighted by molar-refractivity contribution is 7.99. The minimum absolute atomic E-state index is 0.200. The van der Waals surface area contributed by atoms with Crippen molar-refractivity contribution in [2.75, 3.05) is 24.6 Å². The molecule has 0 saturated carbocycles. The molecule has 100 valence electrons. The second-order valence-corrected chi connectivity index (χ2v) is 5.87. The number of benzene rings is 1. The quantitative estimate of drug-likeness (QED) is 0.861. The van der Waals surface area contributed by atoms with Crippen LogP contribution in [0.5, 0.6) is 0 Å².